The van der Waals surface area contributed by atoms with Gasteiger partial charge in [-0.3, -0.25) is 0 Å². The molecule has 0 aromatic carbocycles. The molecule has 17 heavy (non-hydrogen) atoms. The summed E-state index contributed by atoms with van der Waals surface area (Å²) < 4.78 is 4.29. The van der Waals surface area contributed by atoms with Crippen LogP contribution < -0.4 is 5.32 Å². The zero-order valence-electron chi connectivity index (χ0n) is 9.48. The van der Waals surface area contributed by atoms with Gasteiger partial charge in [-0.2, -0.15) is 4.37 Å². The van der Waals surface area contributed by atoms with E-state index >= 15 is 0 Å². The fourth-order valence-electron chi connectivity index (χ4n) is 2.37. The van der Waals surface area contributed by atoms with Crippen LogP contribution in [0.5, 0.6) is 0 Å². The standard InChI is InChI=1S/C11H15N3O2S/c15-9(16)11(5-1-2-6-11)13-10-12-8(14-17-10)7-3-4-7/h7H,1-6H2,(H,15,16)(H,12,13,14). The van der Waals surface area contributed by atoms with Crippen molar-refractivity contribution in [3.8, 4) is 0 Å². The van der Waals surface area contributed by atoms with Gasteiger partial charge in [0, 0.05) is 17.5 Å². The van der Waals surface area contributed by atoms with E-state index in [4.69, 9.17) is 0 Å². The summed E-state index contributed by atoms with van der Waals surface area (Å²) in [5.41, 5.74) is -0.805. The highest BCUT2D eigenvalue weighted by Gasteiger charge is 2.42. The molecule has 0 aliphatic heterocycles. The summed E-state index contributed by atoms with van der Waals surface area (Å²) in [6.07, 6.45) is 5.63. The Kier molecular flexibility index (Phi) is 2.54. The Balaban J connectivity index is 1.77. The topological polar surface area (TPSA) is 75.1 Å². The van der Waals surface area contributed by atoms with Crippen molar-refractivity contribution >= 4 is 22.6 Å². The Morgan fingerprint density at radius 2 is 2.12 bits per heavy atom. The van der Waals surface area contributed by atoms with Gasteiger partial charge >= 0.3 is 5.97 Å². The summed E-state index contributed by atoms with van der Waals surface area (Å²) in [6.45, 7) is 0. The molecule has 1 aromatic heterocycles. The van der Waals surface area contributed by atoms with E-state index in [1.54, 1.807) is 0 Å². The van der Waals surface area contributed by atoms with E-state index in [1.165, 1.54) is 24.4 Å². The van der Waals surface area contributed by atoms with Gasteiger partial charge < -0.3 is 10.4 Å². The second-order valence-corrected chi connectivity index (χ2v) is 5.70. The van der Waals surface area contributed by atoms with Crippen LogP contribution in [0.2, 0.25) is 0 Å². The summed E-state index contributed by atoms with van der Waals surface area (Å²) in [6, 6.07) is 0. The highest BCUT2D eigenvalue weighted by molar-refractivity contribution is 7.09. The third-order valence-corrected chi connectivity index (χ3v) is 4.24. The molecular weight excluding hydrogens is 238 g/mol. The van der Waals surface area contributed by atoms with Gasteiger partial charge in [-0.05, 0) is 25.7 Å². The number of aliphatic carboxylic acids is 1. The van der Waals surface area contributed by atoms with Gasteiger partial charge in [0.05, 0.1) is 0 Å². The van der Waals surface area contributed by atoms with Crippen LogP contribution in [0.25, 0.3) is 0 Å². The first-order valence-corrected chi connectivity index (χ1v) is 6.82. The number of nitrogens with zero attached hydrogens (tertiary/aromatic N) is 2. The summed E-state index contributed by atoms with van der Waals surface area (Å²) >= 11 is 1.29. The fraction of sp³-hybridized carbons (Fsp3) is 0.727. The van der Waals surface area contributed by atoms with Crippen LogP contribution in [-0.2, 0) is 4.79 Å². The van der Waals surface area contributed by atoms with Crippen molar-refractivity contribution in [3.63, 3.8) is 0 Å². The molecule has 2 aliphatic rings. The first-order chi connectivity index (χ1) is 8.20. The lowest BCUT2D eigenvalue weighted by molar-refractivity contribution is -0.142. The molecular formula is C11H15N3O2S. The largest absolute Gasteiger partial charge is 0.480 e. The number of rotatable bonds is 4. The number of nitrogens with one attached hydrogen (secondary N) is 1. The number of carbonyl (C=O) groups is 1. The van der Waals surface area contributed by atoms with Gasteiger partial charge in [0.15, 0.2) is 0 Å². The minimum atomic E-state index is -0.805. The van der Waals surface area contributed by atoms with Crippen LogP contribution in [0.15, 0.2) is 0 Å². The Morgan fingerprint density at radius 3 is 2.71 bits per heavy atom. The van der Waals surface area contributed by atoms with E-state index in [9.17, 15) is 9.90 Å². The van der Waals surface area contributed by atoms with Crippen molar-refractivity contribution in [1.82, 2.24) is 9.36 Å². The average molecular weight is 253 g/mol. The predicted octanol–water partition coefficient (Wildman–Crippen LogP) is 2.22. The molecule has 6 heteroatoms. The van der Waals surface area contributed by atoms with E-state index < -0.39 is 11.5 Å². The molecule has 0 atom stereocenters. The van der Waals surface area contributed by atoms with Crippen LogP contribution in [0.1, 0.15) is 50.3 Å². The molecule has 92 valence electrons. The van der Waals surface area contributed by atoms with Crippen molar-refractivity contribution in [2.75, 3.05) is 5.32 Å². The Morgan fingerprint density at radius 1 is 1.41 bits per heavy atom. The quantitative estimate of drug-likeness (QED) is 0.860. The van der Waals surface area contributed by atoms with E-state index in [-0.39, 0.29) is 0 Å². The van der Waals surface area contributed by atoms with Gasteiger partial charge in [-0.1, -0.05) is 12.8 Å². The van der Waals surface area contributed by atoms with Gasteiger partial charge in [0.2, 0.25) is 5.13 Å². The SMILES string of the molecule is O=C(O)C1(Nc2nc(C3CC3)ns2)CCCC1. The molecule has 3 rings (SSSR count). The summed E-state index contributed by atoms with van der Waals surface area (Å²) in [5, 5.41) is 13.1. The van der Waals surface area contributed by atoms with Crippen LogP contribution in [0.4, 0.5) is 5.13 Å². The summed E-state index contributed by atoms with van der Waals surface area (Å²) in [4.78, 5) is 15.8. The molecule has 1 heterocycles. The van der Waals surface area contributed by atoms with E-state index in [1.807, 2.05) is 0 Å². The Labute approximate surface area is 103 Å². The average Bonchev–Trinajstić information content (AvgIpc) is 2.87. The number of carboxylic acid groups (broad SMARTS) is 1. The molecule has 0 amide bonds. The lowest BCUT2D eigenvalue weighted by Gasteiger charge is -2.24. The van der Waals surface area contributed by atoms with Crippen molar-refractivity contribution in [3.05, 3.63) is 5.82 Å². The number of aromatic nitrogens is 2. The summed E-state index contributed by atoms with van der Waals surface area (Å²) in [5.74, 6) is 0.639. The molecule has 2 fully saturated rings. The van der Waals surface area contributed by atoms with Crippen LogP contribution in [0, 0.1) is 0 Å². The Hall–Kier alpha value is -1.17. The van der Waals surface area contributed by atoms with Crippen molar-refractivity contribution in [2.24, 2.45) is 0 Å². The molecule has 5 nitrogen and oxygen atoms in total. The van der Waals surface area contributed by atoms with Crippen molar-refractivity contribution in [2.45, 2.75) is 50.0 Å². The first-order valence-electron chi connectivity index (χ1n) is 6.05. The number of carboxylic acids is 1. The van der Waals surface area contributed by atoms with Crippen LogP contribution in [0.3, 0.4) is 0 Å². The van der Waals surface area contributed by atoms with Gasteiger partial charge in [0.1, 0.15) is 11.4 Å². The normalized spacial score (nSPS) is 22.6. The highest BCUT2D eigenvalue weighted by atomic mass is 32.1. The molecule has 0 radical (unpaired) electrons. The maximum absolute atomic E-state index is 11.4. The number of hydrogen-bond donors (Lipinski definition) is 2. The van der Waals surface area contributed by atoms with Crippen molar-refractivity contribution < 1.29 is 9.90 Å². The van der Waals surface area contributed by atoms with E-state index in [2.05, 4.69) is 14.7 Å². The maximum atomic E-state index is 11.4. The molecule has 2 saturated carbocycles. The monoisotopic (exact) mass is 253 g/mol. The van der Waals surface area contributed by atoms with Crippen LogP contribution >= 0.6 is 11.5 Å². The van der Waals surface area contributed by atoms with Gasteiger partial charge in [0.25, 0.3) is 0 Å². The molecule has 1 aromatic rings. The second-order valence-electron chi connectivity index (χ2n) is 4.95. The summed E-state index contributed by atoms with van der Waals surface area (Å²) in [7, 11) is 0. The van der Waals surface area contributed by atoms with Crippen molar-refractivity contribution in [1.29, 1.82) is 0 Å². The number of hydrogen-bond acceptors (Lipinski definition) is 5. The van der Waals surface area contributed by atoms with E-state index in [0.717, 1.165) is 18.7 Å². The maximum Gasteiger partial charge on any atom is 0.329 e. The molecule has 2 N–H and O–H groups in total. The lowest BCUT2D eigenvalue weighted by atomic mass is 9.98. The fourth-order valence-corrected chi connectivity index (χ4v) is 3.11. The van der Waals surface area contributed by atoms with Crippen LogP contribution in [-0.4, -0.2) is 26.0 Å². The zero-order valence-corrected chi connectivity index (χ0v) is 10.3. The number of anilines is 1. The first kappa shape index (κ1) is 11.0. The smallest absolute Gasteiger partial charge is 0.329 e. The lowest BCUT2D eigenvalue weighted by Crippen LogP contribution is -2.43. The third-order valence-electron chi connectivity index (χ3n) is 3.60. The highest BCUT2D eigenvalue weighted by Crippen LogP contribution is 2.40. The van der Waals surface area contributed by atoms with Gasteiger partial charge in [-0.25, -0.2) is 9.78 Å². The predicted molar refractivity (Wildman–Crippen MR) is 64.3 cm³/mol. The molecule has 2 aliphatic carbocycles. The van der Waals surface area contributed by atoms with Gasteiger partial charge in [-0.15, -0.1) is 0 Å². The van der Waals surface area contributed by atoms with E-state index in [0.29, 0.717) is 23.9 Å². The minimum absolute atomic E-state index is 0.520. The third kappa shape index (κ3) is 2.01. The molecule has 0 unspecified atom stereocenters. The molecule has 0 bridgehead atoms. The molecule has 0 spiro atoms. The Bertz CT molecular complexity index is 436. The molecule has 0 saturated heterocycles. The zero-order chi connectivity index (χ0) is 11.9. The minimum Gasteiger partial charge on any atom is -0.480 e. The second kappa shape index (κ2) is 3.94.